The van der Waals surface area contributed by atoms with Gasteiger partial charge in [-0.15, -0.1) is 5.10 Å². The fourth-order valence-electron chi connectivity index (χ4n) is 4.05. The average molecular weight is 441 g/mol. The minimum Gasteiger partial charge on any atom is -0.382 e. The van der Waals surface area contributed by atoms with Crippen LogP contribution in [-0.4, -0.2) is 66.0 Å². The summed E-state index contributed by atoms with van der Waals surface area (Å²) >= 11 is 0. The summed E-state index contributed by atoms with van der Waals surface area (Å²) < 4.78 is 29.0. The van der Waals surface area contributed by atoms with Crippen molar-refractivity contribution in [3.05, 3.63) is 30.2 Å². The Labute approximate surface area is 181 Å². The zero-order valence-corrected chi connectivity index (χ0v) is 17.5. The van der Waals surface area contributed by atoms with Crippen molar-refractivity contribution in [1.29, 1.82) is 0 Å². The molecule has 1 fully saturated rings. The number of likely N-dealkylation sites (tertiary alicyclic amines) is 1. The number of hydrogen-bond donors (Lipinski definition) is 2. The molecule has 5 rings (SSSR count). The molecule has 4 aromatic heterocycles. The van der Waals surface area contributed by atoms with Gasteiger partial charge >= 0.3 is 0 Å². The maximum Gasteiger partial charge on any atom is 0.256 e. The van der Waals surface area contributed by atoms with E-state index in [0.717, 1.165) is 0 Å². The zero-order valence-electron chi connectivity index (χ0n) is 17.5. The molecule has 32 heavy (non-hydrogen) atoms. The Morgan fingerprint density at radius 1 is 1.25 bits per heavy atom. The Hall–Kier alpha value is -3.83. The summed E-state index contributed by atoms with van der Waals surface area (Å²) in [5, 5.41) is 7.47. The fourth-order valence-corrected chi connectivity index (χ4v) is 4.05. The number of rotatable bonds is 5. The maximum atomic E-state index is 13.0. The standard InChI is InChI=1S/C20H21F2N9O/c1-10-24-13-4-3-12(25-18(13)30(10)9-15(21)22)11-5-8-31-16(11)17(23)27-20(28-31)26-14-6-7-29(2)19(14)32/h3-5,8,14-15H,6-7,9H2,1-2H3,(H3,23,26,27,28)/t14-/m0/s1. The molecule has 166 valence electrons. The molecule has 0 unspecified atom stereocenters. The Bertz CT molecular complexity index is 1350. The molecule has 0 bridgehead atoms. The number of alkyl halides is 2. The second-order valence-electron chi connectivity index (χ2n) is 7.79. The summed E-state index contributed by atoms with van der Waals surface area (Å²) in [7, 11) is 1.75. The number of aromatic nitrogens is 6. The van der Waals surface area contributed by atoms with Crippen molar-refractivity contribution in [3.63, 3.8) is 0 Å². The number of anilines is 2. The van der Waals surface area contributed by atoms with Crippen molar-refractivity contribution < 1.29 is 13.6 Å². The lowest BCUT2D eigenvalue weighted by Crippen LogP contribution is -2.31. The number of nitrogens with zero attached hydrogens (tertiary/aromatic N) is 7. The highest BCUT2D eigenvalue weighted by Gasteiger charge is 2.29. The number of imidazole rings is 1. The molecule has 1 atom stereocenters. The van der Waals surface area contributed by atoms with Crippen LogP contribution in [0.15, 0.2) is 24.4 Å². The van der Waals surface area contributed by atoms with Crippen molar-refractivity contribution in [2.24, 2.45) is 0 Å². The second kappa shape index (κ2) is 7.39. The summed E-state index contributed by atoms with van der Waals surface area (Å²) in [6.07, 6.45) is -0.152. The van der Waals surface area contributed by atoms with Crippen molar-refractivity contribution >= 4 is 34.4 Å². The van der Waals surface area contributed by atoms with Gasteiger partial charge in [-0.2, -0.15) is 4.98 Å². The van der Waals surface area contributed by atoms with E-state index in [2.05, 4.69) is 25.4 Å². The van der Waals surface area contributed by atoms with Gasteiger partial charge in [0.2, 0.25) is 11.9 Å². The van der Waals surface area contributed by atoms with Crippen LogP contribution >= 0.6 is 0 Å². The molecule has 10 nitrogen and oxygen atoms in total. The van der Waals surface area contributed by atoms with Crippen molar-refractivity contribution in [1.82, 2.24) is 34.0 Å². The molecular weight excluding hydrogens is 420 g/mol. The molecule has 0 aliphatic carbocycles. The first-order chi connectivity index (χ1) is 15.3. The first kappa shape index (κ1) is 20.1. The van der Waals surface area contributed by atoms with Gasteiger partial charge in [0.1, 0.15) is 22.9 Å². The predicted octanol–water partition coefficient (Wildman–Crippen LogP) is 1.94. The number of pyridine rings is 1. The number of fused-ring (bicyclic) bond motifs is 2. The Morgan fingerprint density at radius 2 is 2.06 bits per heavy atom. The first-order valence-electron chi connectivity index (χ1n) is 10.1. The summed E-state index contributed by atoms with van der Waals surface area (Å²) in [5.74, 6) is 0.909. The Kier molecular flexibility index (Phi) is 4.64. The van der Waals surface area contributed by atoms with Crippen LogP contribution in [0, 0.1) is 6.92 Å². The lowest BCUT2D eigenvalue weighted by molar-refractivity contribution is -0.127. The number of nitrogens with one attached hydrogen (secondary N) is 1. The van der Waals surface area contributed by atoms with E-state index in [1.807, 2.05) is 0 Å². The predicted molar refractivity (Wildman–Crippen MR) is 114 cm³/mol. The van der Waals surface area contributed by atoms with Gasteiger partial charge in [-0.05, 0) is 31.5 Å². The summed E-state index contributed by atoms with van der Waals surface area (Å²) in [6, 6.07) is 4.89. The van der Waals surface area contributed by atoms with Crippen molar-refractivity contribution in [3.8, 4) is 11.3 Å². The van der Waals surface area contributed by atoms with Gasteiger partial charge in [-0.25, -0.2) is 23.3 Å². The fraction of sp³-hybridized carbons (Fsp3) is 0.350. The molecule has 1 aliphatic heterocycles. The SMILES string of the molecule is Cc1nc2ccc(-c3ccn4nc(N[C@H]5CCN(C)C5=O)nc(N)c34)nc2n1CC(F)F. The highest BCUT2D eigenvalue weighted by atomic mass is 19.3. The van der Waals surface area contributed by atoms with Gasteiger partial charge < -0.3 is 20.5 Å². The third-order valence-corrected chi connectivity index (χ3v) is 5.65. The van der Waals surface area contributed by atoms with Crippen LogP contribution in [-0.2, 0) is 11.3 Å². The number of hydrogen-bond acceptors (Lipinski definition) is 7. The van der Waals surface area contributed by atoms with E-state index in [9.17, 15) is 13.6 Å². The van der Waals surface area contributed by atoms with Crippen LogP contribution in [0.2, 0.25) is 0 Å². The number of amides is 1. The molecule has 1 amide bonds. The number of carbonyl (C=O) groups is 1. The molecule has 12 heteroatoms. The van der Waals surface area contributed by atoms with Gasteiger partial charge in [0.25, 0.3) is 6.43 Å². The summed E-state index contributed by atoms with van der Waals surface area (Å²) in [4.78, 5) is 27.0. The molecule has 5 heterocycles. The van der Waals surface area contributed by atoms with E-state index in [0.29, 0.717) is 46.7 Å². The van der Waals surface area contributed by atoms with Crippen LogP contribution in [0.4, 0.5) is 20.5 Å². The smallest absolute Gasteiger partial charge is 0.256 e. The van der Waals surface area contributed by atoms with Gasteiger partial charge in [0.15, 0.2) is 11.5 Å². The minimum absolute atomic E-state index is 0.0198. The highest BCUT2D eigenvalue weighted by Crippen LogP contribution is 2.29. The number of halogens is 2. The average Bonchev–Trinajstić information content (AvgIpc) is 3.40. The lowest BCUT2D eigenvalue weighted by atomic mass is 10.2. The van der Waals surface area contributed by atoms with E-state index in [-0.39, 0.29) is 17.7 Å². The van der Waals surface area contributed by atoms with Gasteiger partial charge in [0.05, 0.1) is 12.2 Å². The largest absolute Gasteiger partial charge is 0.382 e. The van der Waals surface area contributed by atoms with Gasteiger partial charge in [0, 0.05) is 25.4 Å². The van der Waals surface area contributed by atoms with Crippen LogP contribution in [0.5, 0.6) is 0 Å². The van der Waals surface area contributed by atoms with E-state index < -0.39 is 19.0 Å². The first-order valence-corrected chi connectivity index (χ1v) is 10.1. The maximum absolute atomic E-state index is 13.0. The van der Waals surface area contributed by atoms with E-state index in [1.54, 1.807) is 47.8 Å². The molecule has 1 saturated heterocycles. The van der Waals surface area contributed by atoms with E-state index >= 15 is 0 Å². The normalized spacial score (nSPS) is 16.7. The van der Waals surface area contributed by atoms with Crippen LogP contribution in [0.1, 0.15) is 12.2 Å². The molecule has 3 N–H and O–H groups in total. The number of aryl methyl sites for hydroxylation is 1. The Balaban J connectivity index is 1.53. The van der Waals surface area contributed by atoms with Gasteiger partial charge in [-0.3, -0.25) is 4.79 Å². The molecule has 0 spiro atoms. The molecular formula is C20H21F2N9O. The van der Waals surface area contributed by atoms with Crippen molar-refractivity contribution in [2.45, 2.75) is 32.4 Å². The monoisotopic (exact) mass is 441 g/mol. The minimum atomic E-state index is -2.52. The molecule has 4 aromatic rings. The van der Waals surface area contributed by atoms with Crippen LogP contribution in [0.25, 0.3) is 27.9 Å². The lowest BCUT2D eigenvalue weighted by Gasteiger charge is -2.13. The number of nitrogen functional groups attached to an aromatic ring is 1. The third-order valence-electron chi connectivity index (χ3n) is 5.65. The molecule has 1 aliphatic rings. The van der Waals surface area contributed by atoms with E-state index in [1.165, 1.54) is 4.57 Å². The summed E-state index contributed by atoms with van der Waals surface area (Å²) in [5.41, 5.74) is 8.89. The molecule has 0 saturated carbocycles. The van der Waals surface area contributed by atoms with Crippen molar-refractivity contribution in [2.75, 3.05) is 24.6 Å². The zero-order chi connectivity index (χ0) is 22.6. The van der Waals surface area contributed by atoms with Gasteiger partial charge in [-0.1, -0.05) is 0 Å². The third kappa shape index (κ3) is 3.27. The summed E-state index contributed by atoms with van der Waals surface area (Å²) in [6.45, 7) is 1.85. The highest BCUT2D eigenvalue weighted by molar-refractivity contribution is 5.89. The van der Waals surface area contributed by atoms with Crippen LogP contribution < -0.4 is 11.1 Å². The molecule has 0 radical (unpaired) electrons. The molecule has 0 aromatic carbocycles. The van der Waals surface area contributed by atoms with Crippen LogP contribution in [0.3, 0.4) is 0 Å². The number of likely N-dealkylation sites (N-methyl/N-ethyl adjacent to an activating group) is 1. The second-order valence-corrected chi connectivity index (χ2v) is 7.79. The topological polar surface area (TPSA) is 119 Å². The number of nitrogens with two attached hydrogens (primary N) is 1. The quantitative estimate of drug-likeness (QED) is 0.486. The van der Waals surface area contributed by atoms with E-state index in [4.69, 9.17) is 5.73 Å². The Morgan fingerprint density at radius 3 is 2.78 bits per heavy atom. The number of carbonyl (C=O) groups excluding carboxylic acids is 1.